The Kier molecular flexibility index (Phi) is 3.11. The fourth-order valence-corrected chi connectivity index (χ4v) is 1.71. The van der Waals surface area contributed by atoms with Crippen LogP contribution in [-0.4, -0.2) is 15.9 Å². The first kappa shape index (κ1) is 10.6. The van der Waals surface area contributed by atoms with Gasteiger partial charge >= 0.3 is 0 Å². The van der Waals surface area contributed by atoms with Gasteiger partial charge in [-0.25, -0.2) is 0 Å². The lowest BCUT2D eigenvalue weighted by atomic mass is 10.3. The highest BCUT2D eigenvalue weighted by molar-refractivity contribution is 7.09. The monoisotopic (exact) mass is 235 g/mol. The first-order valence-electron chi connectivity index (χ1n) is 4.60. The quantitative estimate of drug-likeness (QED) is 0.824. The van der Waals surface area contributed by atoms with Crippen molar-refractivity contribution in [3.05, 3.63) is 50.8 Å². The van der Waals surface area contributed by atoms with Gasteiger partial charge in [-0.1, -0.05) is 6.07 Å². The van der Waals surface area contributed by atoms with Crippen molar-refractivity contribution in [1.29, 1.82) is 0 Å². The number of thiazole rings is 1. The smallest absolute Gasteiger partial charge is 0.268 e. The molecule has 0 spiro atoms. The summed E-state index contributed by atoms with van der Waals surface area (Å²) in [5, 5.41) is 2.69. The zero-order valence-electron chi connectivity index (χ0n) is 8.27. The van der Waals surface area contributed by atoms with E-state index in [1.807, 2.05) is 0 Å². The van der Waals surface area contributed by atoms with Crippen LogP contribution in [0.4, 0.5) is 0 Å². The van der Waals surface area contributed by atoms with E-state index in [2.05, 4.69) is 15.3 Å². The van der Waals surface area contributed by atoms with E-state index in [0.29, 0.717) is 6.54 Å². The molecule has 2 heterocycles. The zero-order chi connectivity index (χ0) is 11.4. The molecule has 0 bridgehead atoms. The van der Waals surface area contributed by atoms with Crippen LogP contribution in [0.1, 0.15) is 15.4 Å². The number of carbonyl (C=O) groups excluding carboxylic acids is 1. The number of rotatable bonds is 3. The summed E-state index contributed by atoms with van der Waals surface area (Å²) in [5.41, 5.74) is 1.67. The molecule has 16 heavy (non-hydrogen) atoms. The largest absolute Gasteiger partial charge is 0.346 e. The first-order chi connectivity index (χ1) is 7.75. The molecule has 6 heteroatoms. The normalized spacial score (nSPS) is 10.0. The van der Waals surface area contributed by atoms with Crippen molar-refractivity contribution in [2.45, 2.75) is 6.54 Å². The Bertz CT molecular complexity index is 533. The van der Waals surface area contributed by atoms with Crippen molar-refractivity contribution in [2.75, 3.05) is 0 Å². The minimum absolute atomic E-state index is 0.261. The molecule has 0 fully saturated rings. The molecule has 0 aromatic carbocycles. The number of nitrogens with zero attached hydrogens (tertiary/aromatic N) is 1. The van der Waals surface area contributed by atoms with E-state index in [0.717, 1.165) is 4.88 Å². The average molecular weight is 235 g/mol. The van der Waals surface area contributed by atoms with Crippen LogP contribution in [0.15, 0.2) is 34.7 Å². The molecular weight excluding hydrogens is 226 g/mol. The lowest BCUT2D eigenvalue weighted by Gasteiger charge is -2.02. The van der Waals surface area contributed by atoms with Gasteiger partial charge in [0.2, 0.25) is 5.56 Å². The number of pyridine rings is 1. The van der Waals surface area contributed by atoms with Crippen LogP contribution in [0, 0.1) is 0 Å². The van der Waals surface area contributed by atoms with Crippen LogP contribution in [0.2, 0.25) is 0 Å². The Hall–Kier alpha value is -1.95. The van der Waals surface area contributed by atoms with Crippen molar-refractivity contribution < 1.29 is 4.79 Å². The van der Waals surface area contributed by atoms with Gasteiger partial charge < -0.3 is 10.3 Å². The summed E-state index contributed by atoms with van der Waals surface area (Å²) in [6.45, 7) is 0.417. The zero-order valence-corrected chi connectivity index (χ0v) is 9.08. The number of nitrogens with one attached hydrogen (secondary N) is 2. The molecule has 2 rings (SSSR count). The summed E-state index contributed by atoms with van der Waals surface area (Å²) < 4.78 is 0. The third-order valence-corrected chi connectivity index (χ3v) is 2.70. The molecule has 82 valence electrons. The maximum Gasteiger partial charge on any atom is 0.268 e. The molecule has 0 radical (unpaired) electrons. The molecule has 0 aliphatic heterocycles. The summed E-state index contributed by atoms with van der Waals surface area (Å²) in [6.07, 6.45) is 1.69. The Labute approximate surface area is 95.2 Å². The summed E-state index contributed by atoms with van der Waals surface area (Å²) in [4.78, 5) is 29.9. The predicted octanol–water partition coefficient (Wildman–Crippen LogP) is 0.761. The Balaban J connectivity index is 2.01. The van der Waals surface area contributed by atoms with Gasteiger partial charge in [0.25, 0.3) is 5.91 Å². The maximum atomic E-state index is 11.6. The van der Waals surface area contributed by atoms with Crippen LogP contribution in [-0.2, 0) is 6.54 Å². The van der Waals surface area contributed by atoms with Gasteiger partial charge in [0.1, 0.15) is 5.69 Å². The number of aromatic amines is 1. The number of carbonyl (C=O) groups is 1. The van der Waals surface area contributed by atoms with E-state index in [9.17, 15) is 9.59 Å². The third kappa shape index (κ3) is 2.54. The highest BCUT2D eigenvalue weighted by Gasteiger charge is 2.05. The minimum Gasteiger partial charge on any atom is -0.346 e. The van der Waals surface area contributed by atoms with E-state index in [1.54, 1.807) is 23.8 Å². The van der Waals surface area contributed by atoms with Gasteiger partial charge in [0, 0.05) is 17.1 Å². The van der Waals surface area contributed by atoms with E-state index < -0.39 is 0 Å². The SMILES string of the molecule is O=C(NCc1cncs1)c1cccc(=O)[nH]1. The second-order valence-corrected chi connectivity index (χ2v) is 4.05. The molecule has 0 aliphatic carbocycles. The lowest BCUT2D eigenvalue weighted by molar-refractivity contribution is 0.0946. The van der Waals surface area contributed by atoms with Crippen molar-refractivity contribution in [3.8, 4) is 0 Å². The lowest BCUT2D eigenvalue weighted by Crippen LogP contribution is -2.25. The Morgan fingerprint density at radius 2 is 2.38 bits per heavy atom. The molecule has 2 N–H and O–H groups in total. The topological polar surface area (TPSA) is 74.8 Å². The number of amides is 1. The molecule has 5 nitrogen and oxygen atoms in total. The summed E-state index contributed by atoms with van der Waals surface area (Å²) in [5.74, 6) is -0.300. The van der Waals surface area contributed by atoms with Crippen molar-refractivity contribution in [3.63, 3.8) is 0 Å². The first-order valence-corrected chi connectivity index (χ1v) is 5.48. The number of H-pyrrole nitrogens is 1. The highest BCUT2D eigenvalue weighted by atomic mass is 32.1. The van der Waals surface area contributed by atoms with E-state index >= 15 is 0 Å². The molecule has 2 aromatic heterocycles. The van der Waals surface area contributed by atoms with Crippen LogP contribution in [0.25, 0.3) is 0 Å². The van der Waals surface area contributed by atoms with Gasteiger partial charge in [-0.15, -0.1) is 11.3 Å². The Morgan fingerprint density at radius 3 is 3.06 bits per heavy atom. The molecule has 1 amide bonds. The van der Waals surface area contributed by atoms with E-state index in [1.165, 1.54) is 17.4 Å². The third-order valence-electron chi connectivity index (χ3n) is 1.92. The molecule has 0 saturated carbocycles. The van der Waals surface area contributed by atoms with Crippen LogP contribution >= 0.6 is 11.3 Å². The molecule has 0 unspecified atom stereocenters. The summed E-state index contributed by atoms with van der Waals surface area (Å²) in [6, 6.07) is 4.46. The van der Waals surface area contributed by atoms with E-state index in [4.69, 9.17) is 0 Å². The Morgan fingerprint density at radius 1 is 1.50 bits per heavy atom. The van der Waals surface area contributed by atoms with Gasteiger partial charge in [0.15, 0.2) is 0 Å². The summed E-state index contributed by atoms with van der Waals surface area (Å²) >= 11 is 1.47. The van der Waals surface area contributed by atoms with Crippen LogP contribution in [0.5, 0.6) is 0 Å². The fourth-order valence-electron chi connectivity index (χ4n) is 1.17. The molecule has 0 aliphatic rings. The minimum atomic E-state index is -0.300. The van der Waals surface area contributed by atoms with Gasteiger partial charge in [-0.05, 0) is 6.07 Å². The maximum absolute atomic E-state index is 11.6. The standard InChI is InChI=1S/C10H9N3O2S/c14-9-3-1-2-8(13-9)10(15)12-5-7-4-11-6-16-7/h1-4,6H,5H2,(H,12,15)(H,13,14). The van der Waals surface area contributed by atoms with Crippen LogP contribution in [0.3, 0.4) is 0 Å². The van der Waals surface area contributed by atoms with Gasteiger partial charge in [-0.2, -0.15) is 0 Å². The molecule has 0 atom stereocenters. The number of aromatic nitrogens is 2. The van der Waals surface area contributed by atoms with Crippen molar-refractivity contribution >= 4 is 17.2 Å². The van der Waals surface area contributed by atoms with Gasteiger partial charge in [-0.3, -0.25) is 14.6 Å². The van der Waals surface area contributed by atoms with Crippen molar-refractivity contribution in [1.82, 2.24) is 15.3 Å². The summed E-state index contributed by atoms with van der Waals surface area (Å²) in [7, 11) is 0. The second kappa shape index (κ2) is 4.71. The fraction of sp³-hybridized carbons (Fsp3) is 0.100. The predicted molar refractivity (Wildman–Crippen MR) is 60.3 cm³/mol. The molecule has 2 aromatic rings. The second-order valence-electron chi connectivity index (χ2n) is 3.08. The number of hydrogen-bond donors (Lipinski definition) is 2. The van der Waals surface area contributed by atoms with Crippen LogP contribution < -0.4 is 10.9 Å². The average Bonchev–Trinajstić information content (AvgIpc) is 2.78. The molecule has 0 saturated heterocycles. The number of hydrogen-bond acceptors (Lipinski definition) is 4. The van der Waals surface area contributed by atoms with Crippen molar-refractivity contribution in [2.24, 2.45) is 0 Å². The van der Waals surface area contributed by atoms with E-state index in [-0.39, 0.29) is 17.2 Å². The van der Waals surface area contributed by atoms with Gasteiger partial charge in [0.05, 0.1) is 12.1 Å². The highest BCUT2D eigenvalue weighted by Crippen LogP contribution is 2.04. The molecular formula is C10H9N3O2S.